The van der Waals surface area contributed by atoms with E-state index in [0.717, 1.165) is 11.8 Å². The molecule has 0 fully saturated rings. The Labute approximate surface area is 111 Å². The summed E-state index contributed by atoms with van der Waals surface area (Å²) >= 11 is 0. The van der Waals surface area contributed by atoms with Crippen LogP contribution in [0.25, 0.3) is 0 Å². The smallest absolute Gasteiger partial charge is 0.0262 e. The Morgan fingerprint density at radius 2 is 1.47 bits per heavy atom. The fourth-order valence-corrected chi connectivity index (χ4v) is 2.07. The van der Waals surface area contributed by atoms with Crippen molar-refractivity contribution in [1.29, 1.82) is 0 Å². The second kappa shape index (κ2) is 15.7. The van der Waals surface area contributed by atoms with Crippen LogP contribution in [-0.4, -0.2) is 0 Å². The second-order valence-corrected chi connectivity index (χ2v) is 5.12. The normalized spacial score (nSPS) is 12.6. The molecule has 0 aliphatic rings. The molecule has 104 valence electrons. The Hall–Kier alpha value is -0.260. The Bertz CT molecular complexity index is 142. The molecule has 0 aromatic heterocycles. The van der Waals surface area contributed by atoms with Crippen molar-refractivity contribution in [1.82, 2.24) is 0 Å². The van der Waals surface area contributed by atoms with Crippen LogP contribution in [0, 0.1) is 11.8 Å². The quantitative estimate of drug-likeness (QED) is 0.419. The van der Waals surface area contributed by atoms with Crippen LogP contribution in [-0.2, 0) is 0 Å². The monoisotopic (exact) mass is 240 g/mol. The zero-order valence-electron chi connectivity index (χ0n) is 13.3. The molecule has 0 rings (SSSR count). The molecule has 17 heavy (non-hydrogen) atoms. The highest BCUT2D eigenvalue weighted by atomic mass is 14.1. The first-order valence-corrected chi connectivity index (χ1v) is 7.78. The molecule has 0 saturated heterocycles. The first-order valence-electron chi connectivity index (χ1n) is 7.78. The first-order chi connectivity index (χ1) is 8.15. The number of hydrogen-bond acceptors (Lipinski definition) is 0. The van der Waals surface area contributed by atoms with Crippen molar-refractivity contribution in [3.63, 3.8) is 0 Å². The fraction of sp³-hybridized carbons (Fsp3) is 0.882. The van der Waals surface area contributed by atoms with Gasteiger partial charge in [0.05, 0.1) is 0 Å². The maximum atomic E-state index is 2.30. The van der Waals surface area contributed by atoms with E-state index in [2.05, 4.69) is 53.7 Å². The number of rotatable bonds is 8. The first kappa shape index (κ1) is 19.1. The summed E-state index contributed by atoms with van der Waals surface area (Å²) in [5.74, 6) is 1.79. The second-order valence-electron chi connectivity index (χ2n) is 5.12. The molecule has 0 aromatic carbocycles. The third-order valence-corrected chi connectivity index (χ3v) is 3.39. The molecular formula is C17H36. The van der Waals surface area contributed by atoms with Crippen LogP contribution in [0.15, 0.2) is 12.2 Å². The van der Waals surface area contributed by atoms with Gasteiger partial charge in [0, 0.05) is 0 Å². The SMILES string of the molecule is C/C=C/C(C)CCC.CCCCC(CC)CC. The van der Waals surface area contributed by atoms with E-state index < -0.39 is 0 Å². The summed E-state index contributed by atoms with van der Waals surface area (Å²) in [4.78, 5) is 0. The molecule has 0 radical (unpaired) electrons. The molecule has 0 aromatic rings. The average molecular weight is 240 g/mol. The largest absolute Gasteiger partial charge is 0.0914 e. The van der Waals surface area contributed by atoms with Crippen LogP contribution in [0.2, 0.25) is 0 Å². The molecule has 1 atom stereocenters. The zero-order chi connectivity index (χ0) is 13.5. The maximum Gasteiger partial charge on any atom is -0.0262 e. The third kappa shape index (κ3) is 15.7. The fourth-order valence-electron chi connectivity index (χ4n) is 2.07. The van der Waals surface area contributed by atoms with E-state index >= 15 is 0 Å². The maximum absolute atomic E-state index is 2.30. The van der Waals surface area contributed by atoms with E-state index in [0.29, 0.717) is 0 Å². The lowest BCUT2D eigenvalue weighted by molar-refractivity contribution is 0.438. The Morgan fingerprint density at radius 1 is 0.882 bits per heavy atom. The topological polar surface area (TPSA) is 0 Å². The van der Waals surface area contributed by atoms with Crippen molar-refractivity contribution in [3.8, 4) is 0 Å². The van der Waals surface area contributed by atoms with Crippen LogP contribution >= 0.6 is 0 Å². The molecule has 0 heteroatoms. The molecule has 0 heterocycles. The van der Waals surface area contributed by atoms with Gasteiger partial charge in [-0.3, -0.25) is 0 Å². The van der Waals surface area contributed by atoms with E-state index in [1.54, 1.807) is 0 Å². The molecule has 0 spiro atoms. The minimum Gasteiger partial charge on any atom is -0.0914 e. The van der Waals surface area contributed by atoms with Crippen LogP contribution < -0.4 is 0 Å². The summed E-state index contributed by atoms with van der Waals surface area (Å²) in [6.45, 7) is 13.4. The lowest BCUT2D eigenvalue weighted by atomic mass is 9.97. The molecule has 0 aliphatic heterocycles. The van der Waals surface area contributed by atoms with Crippen molar-refractivity contribution in [3.05, 3.63) is 12.2 Å². The van der Waals surface area contributed by atoms with E-state index in [1.165, 1.54) is 44.9 Å². The van der Waals surface area contributed by atoms with Gasteiger partial charge in [-0.1, -0.05) is 85.3 Å². The molecule has 0 aliphatic carbocycles. The number of allylic oxidation sites excluding steroid dienone is 2. The van der Waals surface area contributed by atoms with Gasteiger partial charge in [0.1, 0.15) is 0 Å². The minimum absolute atomic E-state index is 0.782. The lowest BCUT2D eigenvalue weighted by Crippen LogP contribution is -1.95. The van der Waals surface area contributed by atoms with Crippen LogP contribution in [0.5, 0.6) is 0 Å². The Kier molecular flexibility index (Phi) is 17.7. The van der Waals surface area contributed by atoms with Gasteiger partial charge in [0.15, 0.2) is 0 Å². The summed E-state index contributed by atoms with van der Waals surface area (Å²) in [6, 6.07) is 0. The van der Waals surface area contributed by atoms with Crippen molar-refractivity contribution >= 4 is 0 Å². The molecular weight excluding hydrogens is 204 g/mol. The molecule has 0 amide bonds. The highest BCUT2D eigenvalue weighted by molar-refractivity contribution is 4.82. The van der Waals surface area contributed by atoms with Crippen molar-refractivity contribution in [2.45, 2.75) is 86.5 Å². The van der Waals surface area contributed by atoms with E-state index in [9.17, 15) is 0 Å². The number of hydrogen-bond donors (Lipinski definition) is 0. The molecule has 0 nitrogen and oxygen atoms in total. The highest BCUT2D eigenvalue weighted by Crippen LogP contribution is 2.15. The summed E-state index contributed by atoms with van der Waals surface area (Å²) in [5.41, 5.74) is 0. The standard InChI is InChI=1S/C9H20.C8H16/c1-4-7-8-9(5-2)6-3;1-4-6-8(3)7-5-2/h9H,4-8H2,1-3H3;4,6,8H,5,7H2,1-3H3/b;6-4+. The van der Waals surface area contributed by atoms with Gasteiger partial charge in [0.25, 0.3) is 0 Å². The third-order valence-electron chi connectivity index (χ3n) is 3.39. The van der Waals surface area contributed by atoms with Crippen LogP contribution in [0.3, 0.4) is 0 Å². The lowest BCUT2D eigenvalue weighted by Gasteiger charge is -2.09. The molecule has 1 unspecified atom stereocenters. The minimum atomic E-state index is 0.782. The summed E-state index contributed by atoms with van der Waals surface area (Å²) in [6.07, 6.45) is 14.0. The average Bonchev–Trinajstić information content (AvgIpc) is 2.32. The predicted octanol–water partition coefficient (Wildman–Crippen LogP) is 6.61. The zero-order valence-corrected chi connectivity index (χ0v) is 13.3. The van der Waals surface area contributed by atoms with Gasteiger partial charge in [-0.15, -0.1) is 0 Å². The summed E-state index contributed by atoms with van der Waals surface area (Å²) in [5, 5.41) is 0. The van der Waals surface area contributed by atoms with Crippen molar-refractivity contribution in [2.24, 2.45) is 11.8 Å². The number of unbranched alkanes of at least 4 members (excludes halogenated alkanes) is 1. The van der Waals surface area contributed by atoms with E-state index in [1.807, 2.05) is 0 Å². The predicted molar refractivity (Wildman–Crippen MR) is 82.5 cm³/mol. The van der Waals surface area contributed by atoms with E-state index in [4.69, 9.17) is 0 Å². The van der Waals surface area contributed by atoms with Crippen molar-refractivity contribution < 1.29 is 0 Å². The Morgan fingerprint density at radius 3 is 1.82 bits per heavy atom. The van der Waals surface area contributed by atoms with Gasteiger partial charge >= 0.3 is 0 Å². The van der Waals surface area contributed by atoms with Gasteiger partial charge in [-0.2, -0.15) is 0 Å². The molecule has 0 N–H and O–H groups in total. The summed E-state index contributed by atoms with van der Waals surface area (Å²) in [7, 11) is 0. The van der Waals surface area contributed by atoms with Gasteiger partial charge in [-0.25, -0.2) is 0 Å². The molecule has 0 bridgehead atoms. The van der Waals surface area contributed by atoms with Gasteiger partial charge < -0.3 is 0 Å². The van der Waals surface area contributed by atoms with Crippen LogP contribution in [0.1, 0.15) is 86.5 Å². The summed E-state index contributed by atoms with van der Waals surface area (Å²) < 4.78 is 0. The van der Waals surface area contributed by atoms with Gasteiger partial charge in [-0.05, 0) is 25.2 Å². The Balaban J connectivity index is 0. The van der Waals surface area contributed by atoms with Crippen molar-refractivity contribution in [2.75, 3.05) is 0 Å². The van der Waals surface area contributed by atoms with Gasteiger partial charge in [0.2, 0.25) is 0 Å². The molecule has 0 saturated carbocycles. The highest BCUT2D eigenvalue weighted by Gasteiger charge is 2.00. The van der Waals surface area contributed by atoms with Crippen LogP contribution in [0.4, 0.5) is 0 Å². The van der Waals surface area contributed by atoms with E-state index in [-0.39, 0.29) is 0 Å².